The van der Waals surface area contributed by atoms with Crippen LogP contribution in [0.1, 0.15) is 33.6 Å². The molecule has 0 aliphatic carbocycles. The first-order chi connectivity index (χ1) is 6.22. The minimum atomic E-state index is 0.569. The van der Waals surface area contributed by atoms with E-state index in [1.807, 2.05) is 11.8 Å². The Morgan fingerprint density at radius 3 is 2.85 bits per heavy atom. The summed E-state index contributed by atoms with van der Waals surface area (Å²) < 4.78 is 0. The molecule has 76 valence electrons. The molecule has 2 nitrogen and oxygen atoms in total. The van der Waals surface area contributed by atoms with Crippen molar-refractivity contribution in [3.05, 3.63) is 0 Å². The molecule has 0 saturated heterocycles. The first-order valence-electron chi connectivity index (χ1n) is 5.16. The van der Waals surface area contributed by atoms with Gasteiger partial charge in [-0.2, -0.15) is 0 Å². The summed E-state index contributed by atoms with van der Waals surface area (Å²) in [6, 6.07) is 0.569. The highest BCUT2D eigenvalue weighted by Gasteiger charge is 2.11. The summed E-state index contributed by atoms with van der Waals surface area (Å²) >= 11 is 1.84. The van der Waals surface area contributed by atoms with Gasteiger partial charge in [0.1, 0.15) is 0 Å². The Bertz CT molecular complexity index is 180. The zero-order valence-electron chi connectivity index (χ0n) is 8.84. The zero-order valence-corrected chi connectivity index (χ0v) is 9.66. The molecule has 2 atom stereocenters. The molecule has 2 unspecified atom stereocenters. The Kier molecular flexibility index (Phi) is 4.64. The van der Waals surface area contributed by atoms with Crippen LogP contribution in [0.3, 0.4) is 0 Å². The van der Waals surface area contributed by atoms with Crippen LogP contribution in [0.15, 0.2) is 4.99 Å². The summed E-state index contributed by atoms with van der Waals surface area (Å²) in [5.41, 5.74) is 0. The van der Waals surface area contributed by atoms with Crippen LogP contribution >= 0.6 is 11.8 Å². The van der Waals surface area contributed by atoms with Crippen molar-refractivity contribution in [3.63, 3.8) is 0 Å². The van der Waals surface area contributed by atoms with E-state index in [1.54, 1.807) is 0 Å². The lowest BCUT2D eigenvalue weighted by Gasteiger charge is -2.17. The largest absolute Gasteiger partial charge is 0.362 e. The highest BCUT2D eigenvalue weighted by atomic mass is 32.2. The van der Waals surface area contributed by atoms with Crippen LogP contribution < -0.4 is 5.32 Å². The molecule has 1 aliphatic heterocycles. The highest BCUT2D eigenvalue weighted by molar-refractivity contribution is 8.14. The number of aliphatic imine (C=N–C) groups is 1. The maximum Gasteiger partial charge on any atom is 0.156 e. The van der Waals surface area contributed by atoms with E-state index in [0.29, 0.717) is 6.04 Å². The van der Waals surface area contributed by atoms with Crippen molar-refractivity contribution >= 4 is 16.9 Å². The van der Waals surface area contributed by atoms with Crippen molar-refractivity contribution in [3.8, 4) is 0 Å². The predicted molar refractivity (Wildman–Crippen MR) is 61.4 cm³/mol. The van der Waals surface area contributed by atoms with E-state index in [9.17, 15) is 0 Å². The summed E-state index contributed by atoms with van der Waals surface area (Å²) in [6.07, 6.45) is 2.52. The molecule has 0 aromatic heterocycles. The number of amidine groups is 1. The topological polar surface area (TPSA) is 24.4 Å². The Hall–Kier alpha value is -0.180. The quantitative estimate of drug-likeness (QED) is 0.754. The molecular formula is C10H20N2S. The lowest BCUT2D eigenvalue weighted by Crippen LogP contribution is -2.31. The van der Waals surface area contributed by atoms with Crippen molar-refractivity contribution in [1.82, 2.24) is 5.32 Å². The number of hydrogen-bond acceptors (Lipinski definition) is 3. The number of nitrogens with zero attached hydrogens (tertiary/aromatic N) is 1. The van der Waals surface area contributed by atoms with Crippen molar-refractivity contribution in [2.24, 2.45) is 10.9 Å². The van der Waals surface area contributed by atoms with Gasteiger partial charge in [-0.05, 0) is 19.3 Å². The van der Waals surface area contributed by atoms with Gasteiger partial charge in [0.15, 0.2) is 5.17 Å². The predicted octanol–water partition coefficient (Wildman–Crippen LogP) is 2.50. The van der Waals surface area contributed by atoms with E-state index in [-0.39, 0.29) is 0 Å². The second-order valence-electron chi connectivity index (χ2n) is 3.83. The third-order valence-electron chi connectivity index (χ3n) is 2.41. The molecule has 0 aromatic rings. The summed E-state index contributed by atoms with van der Waals surface area (Å²) in [5.74, 6) is 1.97. The van der Waals surface area contributed by atoms with Crippen LogP contribution in [0.25, 0.3) is 0 Å². The summed E-state index contributed by atoms with van der Waals surface area (Å²) in [4.78, 5) is 4.38. The van der Waals surface area contributed by atoms with Gasteiger partial charge in [-0.3, -0.25) is 4.99 Å². The van der Waals surface area contributed by atoms with Crippen LogP contribution in [-0.4, -0.2) is 23.5 Å². The minimum absolute atomic E-state index is 0.569. The molecule has 1 heterocycles. The zero-order chi connectivity index (χ0) is 9.68. The summed E-state index contributed by atoms with van der Waals surface area (Å²) in [5, 5.41) is 4.61. The van der Waals surface area contributed by atoms with Crippen LogP contribution in [-0.2, 0) is 0 Å². The third kappa shape index (κ3) is 4.03. The van der Waals surface area contributed by atoms with E-state index in [4.69, 9.17) is 0 Å². The monoisotopic (exact) mass is 200 g/mol. The Labute approximate surface area is 85.6 Å². The smallest absolute Gasteiger partial charge is 0.156 e. The molecule has 13 heavy (non-hydrogen) atoms. The molecule has 0 saturated carbocycles. The minimum Gasteiger partial charge on any atom is -0.362 e. The van der Waals surface area contributed by atoms with Gasteiger partial charge in [0.2, 0.25) is 0 Å². The lowest BCUT2D eigenvalue weighted by molar-refractivity contribution is 0.449. The van der Waals surface area contributed by atoms with Gasteiger partial charge in [0.05, 0.1) is 6.54 Å². The van der Waals surface area contributed by atoms with E-state index in [2.05, 4.69) is 31.1 Å². The molecular weight excluding hydrogens is 180 g/mol. The molecule has 3 heteroatoms. The highest BCUT2D eigenvalue weighted by Crippen LogP contribution is 2.13. The molecule has 1 aliphatic rings. The first-order valence-corrected chi connectivity index (χ1v) is 6.14. The number of hydrogen-bond donors (Lipinski definition) is 1. The normalized spacial score (nSPS) is 21.0. The van der Waals surface area contributed by atoms with Gasteiger partial charge in [-0.15, -0.1) is 0 Å². The van der Waals surface area contributed by atoms with Gasteiger partial charge in [0.25, 0.3) is 0 Å². The van der Waals surface area contributed by atoms with Crippen molar-refractivity contribution in [1.29, 1.82) is 0 Å². The maximum absolute atomic E-state index is 4.38. The summed E-state index contributed by atoms with van der Waals surface area (Å²) in [7, 11) is 0. The second kappa shape index (κ2) is 5.53. The fraction of sp³-hybridized carbons (Fsp3) is 0.900. The molecule has 0 spiro atoms. The first kappa shape index (κ1) is 10.9. The van der Waals surface area contributed by atoms with Crippen molar-refractivity contribution < 1.29 is 0 Å². The summed E-state index contributed by atoms with van der Waals surface area (Å²) in [6.45, 7) is 7.79. The van der Waals surface area contributed by atoms with Crippen LogP contribution in [0, 0.1) is 5.92 Å². The number of rotatable bonds is 4. The van der Waals surface area contributed by atoms with Gasteiger partial charge in [0, 0.05) is 11.8 Å². The average Bonchev–Trinajstić information content (AvgIpc) is 2.56. The van der Waals surface area contributed by atoms with Crippen molar-refractivity contribution in [2.45, 2.75) is 39.7 Å². The van der Waals surface area contributed by atoms with Gasteiger partial charge in [-0.1, -0.05) is 32.0 Å². The number of thioether (sulfide) groups is 1. The van der Waals surface area contributed by atoms with Gasteiger partial charge in [-0.25, -0.2) is 0 Å². The molecule has 0 amide bonds. The van der Waals surface area contributed by atoms with Crippen LogP contribution in [0.2, 0.25) is 0 Å². The van der Waals surface area contributed by atoms with E-state index >= 15 is 0 Å². The SMILES string of the molecule is CCC(C)CC(C)NC1=NCCS1. The Morgan fingerprint density at radius 1 is 1.54 bits per heavy atom. The van der Waals surface area contributed by atoms with E-state index in [1.165, 1.54) is 12.8 Å². The molecule has 0 radical (unpaired) electrons. The van der Waals surface area contributed by atoms with Gasteiger partial charge >= 0.3 is 0 Å². The third-order valence-corrected chi connectivity index (χ3v) is 3.32. The molecule has 0 aromatic carbocycles. The lowest BCUT2D eigenvalue weighted by atomic mass is 10.0. The number of nitrogens with one attached hydrogen (secondary N) is 1. The van der Waals surface area contributed by atoms with Crippen LogP contribution in [0.5, 0.6) is 0 Å². The van der Waals surface area contributed by atoms with E-state index < -0.39 is 0 Å². The Balaban J connectivity index is 2.20. The maximum atomic E-state index is 4.38. The van der Waals surface area contributed by atoms with Crippen molar-refractivity contribution in [2.75, 3.05) is 12.3 Å². The van der Waals surface area contributed by atoms with E-state index in [0.717, 1.165) is 23.4 Å². The second-order valence-corrected chi connectivity index (χ2v) is 4.91. The standard InChI is InChI=1S/C10H20N2S/c1-4-8(2)7-9(3)12-10-11-5-6-13-10/h8-9H,4-7H2,1-3H3,(H,11,12). The molecule has 0 fully saturated rings. The molecule has 1 rings (SSSR count). The Morgan fingerprint density at radius 2 is 2.31 bits per heavy atom. The molecule has 1 N–H and O–H groups in total. The fourth-order valence-corrected chi connectivity index (χ4v) is 2.31. The molecule has 0 bridgehead atoms. The fourth-order valence-electron chi connectivity index (χ4n) is 1.46. The van der Waals surface area contributed by atoms with Crippen LogP contribution in [0.4, 0.5) is 0 Å². The van der Waals surface area contributed by atoms with Gasteiger partial charge < -0.3 is 5.32 Å². The average molecular weight is 200 g/mol.